The summed E-state index contributed by atoms with van der Waals surface area (Å²) in [6, 6.07) is 5.02. The number of aliphatic imine (C=N–C) groups is 1. The number of benzene rings is 1. The van der Waals surface area contributed by atoms with Gasteiger partial charge in [-0.15, -0.1) is 24.0 Å². The van der Waals surface area contributed by atoms with E-state index in [1.807, 2.05) is 0 Å². The number of hydrogen-bond donors (Lipinski definition) is 2. The predicted octanol–water partition coefficient (Wildman–Crippen LogP) is 2.82. The number of hydrogen-bond acceptors (Lipinski definition) is 4. The molecule has 3 atom stereocenters. The molecule has 9 heteroatoms. The van der Waals surface area contributed by atoms with Crippen LogP contribution in [0.15, 0.2) is 23.2 Å². The molecule has 31 heavy (non-hydrogen) atoms. The number of ether oxygens (including phenoxy) is 1. The number of guanidine groups is 1. The van der Waals surface area contributed by atoms with Crippen LogP contribution >= 0.6 is 24.0 Å². The minimum absolute atomic E-state index is 0. The summed E-state index contributed by atoms with van der Waals surface area (Å²) >= 11 is 0. The second-order valence-corrected chi connectivity index (χ2v) is 8.38. The molecule has 0 saturated carbocycles. The fraction of sp³-hybridized carbons (Fsp3) is 0.682. The molecule has 1 aromatic carbocycles. The Kier molecular flexibility index (Phi) is 10.9. The van der Waals surface area contributed by atoms with Crippen molar-refractivity contribution in [1.82, 2.24) is 20.4 Å². The molecule has 176 valence electrons. The van der Waals surface area contributed by atoms with Gasteiger partial charge in [-0.1, -0.05) is 6.07 Å². The van der Waals surface area contributed by atoms with Gasteiger partial charge in [0.2, 0.25) is 0 Å². The number of nitrogens with one attached hydrogen (secondary N) is 2. The Morgan fingerprint density at radius 1 is 1.29 bits per heavy atom. The van der Waals surface area contributed by atoms with E-state index in [-0.39, 0.29) is 42.1 Å². The number of likely N-dealkylation sites (tertiary alicyclic amines) is 1. The highest BCUT2D eigenvalue weighted by molar-refractivity contribution is 14.0. The summed E-state index contributed by atoms with van der Waals surface area (Å²) in [6.45, 7) is 9.55. The molecular formula is C22H36F2IN5O. The van der Waals surface area contributed by atoms with Crippen molar-refractivity contribution < 1.29 is 13.5 Å². The summed E-state index contributed by atoms with van der Waals surface area (Å²) in [4.78, 5) is 8.93. The number of halogens is 3. The topological polar surface area (TPSA) is 52.1 Å². The van der Waals surface area contributed by atoms with Gasteiger partial charge in [0.05, 0.1) is 13.2 Å². The van der Waals surface area contributed by atoms with Crippen molar-refractivity contribution in [3.05, 3.63) is 35.4 Å². The smallest absolute Gasteiger partial charge is 0.191 e. The van der Waals surface area contributed by atoms with Gasteiger partial charge in [0.15, 0.2) is 5.96 Å². The highest BCUT2D eigenvalue weighted by atomic mass is 127. The number of piperidine rings is 1. The first-order chi connectivity index (χ1) is 14.5. The maximum Gasteiger partial charge on any atom is 0.191 e. The van der Waals surface area contributed by atoms with Crippen molar-refractivity contribution in [2.45, 2.75) is 51.4 Å². The van der Waals surface area contributed by atoms with Gasteiger partial charge in [-0.3, -0.25) is 14.8 Å². The van der Waals surface area contributed by atoms with Crippen LogP contribution in [0, 0.1) is 11.6 Å². The SMILES string of the molecule is CN=C(NCC(C)N1CCOCC1C)NC1CCCN(Cc2c(F)cccc2F)C1.I. The Balaban J connectivity index is 0.00000341. The molecule has 2 aliphatic rings. The van der Waals surface area contributed by atoms with Crippen LogP contribution in [0.4, 0.5) is 8.78 Å². The van der Waals surface area contributed by atoms with Gasteiger partial charge >= 0.3 is 0 Å². The largest absolute Gasteiger partial charge is 0.379 e. The first-order valence-electron chi connectivity index (χ1n) is 10.9. The highest BCUT2D eigenvalue weighted by Crippen LogP contribution is 2.18. The average Bonchev–Trinajstić information content (AvgIpc) is 2.74. The molecule has 2 fully saturated rings. The van der Waals surface area contributed by atoms with Gasteiger partial charge < -0.3 is 15.4 Å². The summed E-state index contributed by atoms with van der Waals surface area (Å²) in [5.41, 5.74) is 0.147. The predicted molar refractivity (Wildman–Crippen MR) is 131 cm³/mol. The van der Waals surface area contributed by atoms with Crippen molar-refractivity contribution in [2.75, 3.05) is 46.4 Å². The van der Waals surface area contributed by atoms with Crippen LogP contribution in [0.1, 0.15) is 32.3 Å². The standard InChI is InChI=1S/C22H35F2N5O.HI/c1-16(29-10-11-30-15-17(29)2)12-26-22(25-3)27-18-6-5-9-28(13-18)14-19-20(23)7-4-8-21(19)24;/h4,7-8,16-18H,5-6,9-15H2,1-3H3,(H2,25,26,27);1H. The molecule has 0 aromatic heterocycles. The van der Waals surface area contributed by atoms with Gasteiger partial charge in [-0.25, -0.2) is 8.78 Å². The lowest BCUT2D eigenvalue weighted by Crippen LogP contribution is -2.55. The first kappa shape index (κ1) is 26.2. The van der Waals surface area contributed by atoms with E-state index in [2.05, 4.69) is 39.3 Å². The average molecular weight is 551 g/mol. The van der Waals surface area contributed by atoms with E-state index in [0.29, 0.717) is 12.1 Å². The minimum atomic E-state index is -0.478. The van der Waals surface area contributed by atoms with E-state index in [0.717, 1.165) is 58.2 Å². The van der Waals surface area contributed by atoms with Crippen LogP contribution in [0.2, 0.25) is 0 Å². The quantitative estimate of drug-likeness (QED) is 0.324. The molecule has 0 radical (unpaired) electrons. The Hall–Kier alpha value is -1.04. The Bertz CT molecular complexity index is 703. The van der Waals surface area contributed by atoms with Crippen LogP contribution in [0.3, 0.4) is 0 Å². The maximum absolute atomic E-state index is 14.0. The van der Waals surface area contributed by atoms with Gasteiger partial charge in [-0.2, -0.15) is 0 Å². The van der Waals surface area contributed by atoms with Crippen molar-refractivity contribution in [2.24, 2.45) is 4.99 Å². The second kappa shape index (κ2) is 12.9. The minimum Gasteiger partial charge on any atom is -0.379 e. The summed E-state index contributed by atoms with van der Waals surface area (Å²) in [6.07, 6.45) is 1.99. The lowest BCUT2D eigenvalue weighted by Gasteiger charge is -2.38. The fourth-order valence-corrected chi connectivity index (χ4v) is 4.37. The normalized spacial score (nSPS) is 24.4. The molecule has 1 aromatic rings. The van der Waals surface area contributed by atoms with E-state index in [9.17, 15) is 8.78 Å². The zero-order valence-electron chi connectivity index (χ0n) is 18.7. The Morgan fingerprint density at radius 3 is 2.71 bits per heavy atom. The lowest BCUT2D eigenvalue weighted by molar-refractivity contribution is -0.0174. The van der Waals surface area contributed by atoms with Crippen LogP contribution in [0.5, 0.6) is 0 Å². The third-order valence-electron chi connectivity index (χ3n) is 6.06. The first-order valence-corrected chi connectivity index (χ1v) is 10.9. The van der Waals surface area contributed by atoms with Gasteiger partial charge in [0.1, 0.15) is 11.6 Å². The summed E-state index contributed by atoms with van der Waals surface area (Å²) < 4.78 is 33.5. The molecule has 2 saturated heterocycles. The van der Waals surface area contributed by atoms with Crippen molar-refractivity contribution in [3.63, 3.8) is 0 Å². The molecular weight excluding hydrogens is 515 g/mol. The summed E-state index contributed by atoms with van der Waals surface area (Å²) in [5.74, 6) is -0.186. The zero-order chi connectivity index (χ0) is 21.5. The Morgan fingerprint density at radius 2 is 2.03 bits per heavy atom. The third kappa shape index (κ3) is 7.50. The van der Waals surface area contributed by atoms with Gasteiger partial charge in [0, 0.05) is 56.9 Å². The number of morpholine rings is 1. The summed E-state index contributed by atoms with van der Waals surface area (Å²) in [5, 5.41) is 6.92. The molecule has 6 nitrogen and oxygen atoms in total. The fourth-order valence-electron chi connectivity index (χ4n) is 4.37. The molecule has 2 N–H and O–H groups in total. The second-order valence-electron chi connectivity index (χ2n) is 8.38. The molecule has 0 amide bonds. The molecule has 0 bridgehead atoms. The Labute approximate surface area is 201 Å². The van der Waals surface area contributed by atoms with Crippen LogP contribution in [-0.4, -0.2) is 80.3 Å². The van der Waals surface area contributed by atoms with Crippen LogP contribution in [0.25, 0.3) is 0 Å². The van der Waals surface area contributed by atoms with E-state index in [1.165, 1.54) is 18.2 Å². The maximum atomic E-state index is 14.0. The van der Waals surface area contributed by atoms with Crippen molar-refractivity contribution in [3.8, 4) is 0 Å². The third-order valence-corrected chi connectivity index (χ3v) is 6.06. The van der Waals surface area contributed by atoms with Gasteiger partial charge in [0.25, 0.3) is 0 Å². The highest BCUT2D eigenvalue weighted by Gasteiger charge is 2.25. The van der Waals surface area contributed by atoms with Gasteiger partial charge in [-0.05, 0) is 45.4 Å². The molecule has 2 heterocycles. The molecule has 0 spiro atoms. The summed E-state index contributed by atoms with van der Waals surface area (Å²) in [7, 11) is 1.77. The van der Waals surface area contributed by atoms with E-state index < -0.39 is 11.6 Å². The lowest BCUT2D eigenvalue weighted by atomic mass is 10.0. The zero-order valence-corrected chi connectivity index (χ0v) is 21.1. The molecule has 3 unspecified atom stereocenters. The van der Waals surface area contributed by atoms with E-state index in [1.54, 1.807) is 7.05 Å². The number of rotatable bonds is 6. The molecule has 0 aliphatic carbocycles. The van der Waals surface area contributed by atoms with Crippen molar-refractivity contribution >= 4 is 29.9 Å². The van der Waals surface area contributed by atoms with Crippen LogP contribution < -0.4 is 10.6 Å². The van der Waals surface area contributed by atoms with E-state index in [4.69, 9.17) is 4.74 Å². The molecule has 3 rings (SSSR count). The monoisotopic (exact) mass is 551 g/mol. The number of nitrogens with zero attached hydrogens (tertiary/aromatic N) is 3. The van der Waals surface area contributed by atoms with Crippen molar-refractivity contribution in [1.29, 1.82) is 0 Å². The van der Waals surface area contributed by atoms with E-state index >= 15 is 0 Å². The van der Waals surface area contributed by atoms with Crippen LogP contribution in [-0.2, 0) is 11.3 Å². The molecule has 2 aliphatic heterocycles.